The van der Waals surface area contributed by atoms with Crippen molar-refractivity contribution in [1.82, 2.24) is 0 Å². The third kappa shape index (κ3) is 2.13. The Morgan fingerprint density at radius 2 is 0.889 bits per heavy atom. The third-order valence-corrected chi connectivity index (χ3v) is 2.86. The van der Waals surface area contributed by atoms with E-state index in [2.05, 4.69) is 20.0 Å². The van der Waals surface area contributed by atoms with E-state index in [-0.39, 0.29) is 12.8 Å². The van der Waals surface area contributed by atoms with Gasteiger partial charge in [0.25, 0.3) is 0 Å². The molecule has 0 aromatic rings. The van der Waals surface area contributed by atoms with Crippen LogP contribution < -0.4 is 0 Å². The first-order valence-electron chi connectivity index (χ1n) is 5.06. The molecule has 1 aliphatic rings. The molecule has 0 saturated heterocycles. The van der Waals surface area contributed by atoms with Crippen LogP contribution in [0.5, 0.6) is 0 Å². The smallest absolute Gasteiger partial charge is 0.211 e. The van der Waals surface area contributed by atoms with E-state index in [1.807, 2.05) is 0 Å². The monoisotopic (exact) mass is 248 g/mol. The van der Waals surface area contributed by atoms with Crippen LogP contribution in [0.1, 0.15) is 25.7 Å². The second kappa shape index (κ2) is 5.73. The van der Waals surface area contributed by atoms with Gasteiger partial charge in [-0.3, -0.25) is 0 Å². The van der Waals surface area contributed by atoms with Crippen molar-refractivity contribution >= 4 is 24.3 Å². The predicted octanol–water partition coefficient (Wildman–Crippen LogP) is 0.296. The number of hydrogen-bond donors (Lipinski definition) is 0. The summed E-state index contributed by atoms with van der Waals surface area (Å²) >= 11 is 0. The van der Waals surface area contributed by atoms with Gasteiger partial charge in [0.1, 0.15) is 0 Å². The van der Waals surface area contributed by atoms with Gasteiger partial charge in [0.15, 0.2) is 0 Å². The number of hydrogen-bond acceptors (Lipinski definition) is 8. The molecule has 0 atom stereocenters. The Hall–Kier alpha value is -2.48. The maximum atomic E-state index is 10.5. The van der Waals surface area contributed by atoms with Crippen molar-refractivity contribution in [3.8, 4) is 0 Å². The standard InChI is InChI=1S/C10H8N4O4/c15-5-11-9(12-6-16)3-1-2-4-10(9,13-7-17)14-8-18/h1-4H2. The summed E-state index contributed by atoms with van der Waals surface area (Å²) in [6.45, 7) is 0. The van der Waals surface area contributed by atoms with Gasteiger partial charge in [0.2, 0.25) is 35.6 Å². The highest BCUT2D eigenvalue weighted by Crippen LogP contribution is 2.44. The van der Waals surface area contributed by atoms with Gasteiger partial charge in [-0.2, -0.15) is 20.0 Å². The summed E-state index contributed by atoms with van der Waals surface area (Å²) in [6, 6.07) is 0. The van der Waals surface area contributed by atoms with Gasteiger partial charge < -0.3 is 0 Å². The van der Waals surface area contributed by atoms with E-state index >= 15 is 0 Å². The zero-order valence-corrected chi connectivity index (χ0v) is 9.25. The largest absolute Gasteiger partial charge is 0.237 e. The molecule has 1 rings (SSSR count). The van der Waals surface area contributed by atoms with Gasteiger partial charge in [-0.1, -0.05) is 0 Å². The molecule has 8 heteroatoms. The molecule has 0 amide bonds. The van der Waals surface area contributed by atoms with Gasteiger partial charge in [0, 0.05) is 0 Å². The lowest BCUT2D eigenvalue weighted by molar-refractivity contribution is 0.167. The van der Waals surface area contributed by atoms with Crippen LogP contribution in [0.2, 0.25) is 0 Å². The fraction of sp³-hybridized carbons (Fsp3) is 0.600. The Morgan fingerprint density at radius 3 is 1.11 bits per heavy atom. The number of rotatable bonds is 4. The summed E-state index contributed by atoms with van der Waals surface area (Å²) in [5.41, 5.74) is -3.52. The lowest BCUT2D eigenvalue weighted by Gasteiger charge is -2.38. The molecule has 1 aliphatic carbocycles. The Kier molecular flexibility index (Phi) is 4.33. The summed E-state index contributed by atoms with van der Waals surface area (Å²) in [5, 5.41) is 0. The van der Waals surface area contributed by atoms with Gasteiger partial charge in [-0.05, 0) is 25.7 Å². The summed E-state index contributed by atoms with van der Waals surface area (Å²) in [5.74, 6) is 0. The second-order valence-corrected chi connectivity index (χ2v) is 3.65. The minimum atomic E-state index is -1.76. The Morgan fingerprint density at radius 1 is 0.611 bits per heavy atom. The molecule has 0 unspecified atom stereocenters. The number of carbonyl (C=O) groups excluding carboxylic acids is 4. The van der Waals surface area contributed by atoms with Crippen molar-refractivity contribution in [2.45, 2.75) is 37.0 Å². The molecule has 1 saturated carbocycles. The lowest BCUT2D eigenvalue weighted by atomic mass is 9.79. The molecule has 0 bridgehead atoms. The Bertz CT molecular complexity index is 434. The third-order valence-electron chi connectivity index (χ3n) is 2.86. The van der Waals surface area contributed by atoms with Gasteiger partial charge in [-0.15, -0.1) is 0 Å². The Balaban J connectivity index is 3.58. The van der Waals surface area contributed by atoms with E-state index in [4.69, 9.17) is 0 Å². The number of nitrogens with zero attached hydrogens (tertiary/aromatic N) is 4. The van der Waals surface area contributed by atoms with Crippen LogP contribution in [0.25, 0.3) is 0 Å². The first-order valence-corrected chi connectivity index (χ1v) is 5.06. The molecule has 8 nitrogen and oxygen atoms in total. The van der Waals surface area contributed by atoms with Crippen molar-refractivity contribution in [3.05, 3.63) is 0 Å². The topological polar surface area (TPSA) is 118 Å². The van der Waals surface area contributed by atoms with Crippen molar-refractivity contribution < 1.29 is 19.2 Å². The summed E-state index contributed by atoms with van der Waals surface area (Å²) in [6.07, 6.45) is 6.41. The van der Waals surface area contributed by atoms with E-state index in [0.717, 1.165) is 0 Å². The van der Waals surface area contributed by atoms with Gasteiger partial charge in [0.05, 0.1) is 0 Å². The zero-order chi connectivity index (χ0) is 13.5. The molecule has 0 N–H and O–H groups in total. The normalized spacial score (nSPS) is 29.8. The van der Waals surface area contributed by atoms with Gasteiger partial charge >= 0.3 is 0 Å². The van der Waals surface area contributed by atoms with E-state index in [0.29, 0.717) is 12.8 Å². The molecule has 0 radical (unpaired) electrons. The van der Waals surface area contributed by atoms with Crippen molar-refractivity contribution in [3.63, 3.8) is 0 Å². The van der Waals surface area contributed by atoms with Crippen LogP contribution in [-0.4, -0.2) is 35.6 Å². The van der Waals surface area contributed by atoms with Crippen LogP contribution in [-0.2, 0) is 19.2 Å². The van der Waals surface area contributed by atoms with Crippen LogP contribution in [0.4, 0.5) is 0 Å². The first kappa shape index (κ1) is 13.6. The van der Waals surface area contributed by atoms with E-state index in [9.17, 15) is 19.2 Å². The molecule has 0 aromatic carbocycles. The minimum Gasteiger partial charge on any atom is -0.211 e. The highest BCUT2D eigenvalue weighted by molar-refractivity contribution is 5.46. The molecule has 1 fully saturated rings. The molecule has 0 heterocycles. The van der Waals surface area contributed by atoms with Crippen LogP contribution in [0, 0.1) is 0 Å². The molecule has 0 aromatic heterocycles. The molecular formula is C10H8N4O4. The molecule has 0 aliphatic heterocycles. The first-order chi connectivity index (χ1) is 8.70. The fourth-order valence-electron chi connectivity index (χ4n) is 2.08. The predicted molar refractivity (Wildman–Crippen MR) is 56.4 cm³/mol. The lowest BCUT2D eigenvalue weighted by Crippen LogP contribution is -2.51. The molecule has 92 valence electrons. The number of isocyanates is 4. The van der Waals surface area contributed by atoms with Crippen molar-refractivity contribution in [2.75, 3.05) is 0 Å². The second-order valence-electron chi connectivity index (χ2n) is 3.65. The van der Waals surface area contributed by atoms with Crippen LogP contribution in [0.3, 0.4) is 0 Å². The van der Waals surface area contributed by atoms with Crippen LogP contribution >= 0.6 is 0 Å². The molecule has 18 heavy (non-hydrogen) atoms. The fourth-order valence-corrected chi connectivity index (χ4v) is 2.08. The highest BCUT2D eigenvalue weighted by Gasteiger charge is 2.55. The average Bonchev–Trinajstić information content (AvgIpc) is 2.34. The Labute approximate surface area is 101 Å². The van der Waals surface area contributed by atoms with Crippen molar-refractivity contribution in [2.24, 2.45) is 20.0 Å². The number of aliphatic imine (C=N–C) groups is 4. The van der Waals surface area contributed by atoms with Crippen LogP contribution in [0.15, 0.2) is 20.0 Å². The van der Waals surface area contributed by atoms with Crippen molar-refractivity contribution in [1.29, 1.82) is 0 Å². The highest BCUT2D eigenvalue weighted by atomic mass is 16.1. The minimum absolute atomic E-state index is 0.119. The van der Waals surface area contributed by atoms with E-state index in [1.54, 1.807) is 0 Å². The summed E-state index contributed by atoms with van der Waals surface area (Å²) in [7, 11) is 0. The molecule has 0 spiro atoms. The SMILES string of the molecule is O=C=NC1(N=C=O)CCCCC1(N=C=O)N=C=O. The van der Waals surface area contributed by atoms with Gasteiger partial charge in [-0.25, -0.2) is 19.2 Å². The molecular weight excluding hydrogens is 240 g/mol. The zero-order valence-electron chi connectivity index (χ0n) is 9.25. The van der Waals surface area contributed by atoms with E-state index in [1.165, 1.54) is 24.3 Å². The summed E-state index contributed by atoms with van der Waals surface area (Å²) in [4.78, 5) is 55.6. The summed E-state index contributed by atoms with van der Waals surface area (Å²) < 4.78 is 0. The quantitative estimate of drug-likeness (QED) is 0.524. The maximum Gasteiger partial charge on any atom is 0.237 e. The average molecular weight is 248 g/mol. The van der Waals surface area contributed by atoms with E-state index < -0.39 is 11.3 Å². The maximum absolute atomic E-state index is 10.5.